The highest BCUT2D eigenvalue weighted by molar-refractivity contribution is 7.18. The quantitative estimate of drug-likeness (QED) is 0.272. The van der Waals surface area contributed by atoms with Gasteiger partial charge in [0.05, 0.1) is 11.9 Å². The van der Waals surface area contributed by atoms with Crippen LogP contribution in [0.1, 0.15) is 35.8 Å². The first kappa shape index (κ1) is 24.5. The molecule has 0 bridgehead atoms. The molecule has 8 heteroatoms. The number of halogens is 2. The Hall–Kier alpha value is -2.59. The summed E-state index contributed by atoms with van der Waals surface area (Å²) in [6, 6.07) is 5.63. The molecule has 4 rings (SSSR count). The summed E-state index contributed by atoms with van der Waals surface area (Å²) >= 11 is 12.4. The average Bonchev–Trinajstić information content (AvgIpc) is 3.42. The standard InChI is InChI=1S/C26H27Cl2N4OP/c1-3-17(27)6-4-5-13-32-25(21(15-30-32)16-7-10-19(34)11-8-16)23-20-12-9-18(28)14-22(20)31-24(23)26(33)29-2/h3-4,6-10,12,14-15,19,31H,5,11,13,34H2,1-2H3,(H,29,33)/b6-4-,17-3+. The fourth-order valence-electron chi connectivity index (χ4n) is 4.07. The molecule has 3 aromatic rings. The molecule has 2 aromatic heterocycles. The first-order valence-electron chi connectivity index (χ1n) is 11.1. The van der Waals surface area contributed by atoms with Crippen LogP contribution in [0.25, 0.3) is 27.7 Å². The molecule has 1 aliphatic rings. The normalized spacial score (nSPS) is 16.4. The average molecular weight is 513 g/mol. The molecule has 1 aliphatic carbocycles. The van der Waals surface area contributed by atoms with Crippen molar-refractivity contribution in [3.05, 3.63) is 82.2 Å². The molecule has 0 saturated heterocycles. The number of aromatic nitrogens is 3. The first-order chi connectivity index (χ1) is 16.4. The summed E-state index contributed by atoms with van der Waals surface area (Å²) in [5.74, 6) is -0.195. The lowest BCUT2D eigenvalue weighted by atomic mass is 9.95. The van der Waals surface area contributed by atoms with E-state index in [1.807, 2.05) is 54.2 Å². The number of nitrogens with one attached hydrogen (secondary N) is 2. The van der Waals surface area contributed by atoms with Gasteiger partial charge in [0.2, 0.25) is 0 Å². The van der Waals surface area contributed by atoms with Crippen LogP contribution in [0, 0.1) is 0 Å². The van der Waals surface area contributed by atoms with Gasteiger partial charge in [0.1, 0.15) is 5.69 Å². The molecule has 176 valence electrons. The Morgan fingerprint density at radius 2 is 2.24 bits per heavy atom. The number of aromatic amines is 1. The number of hydrogen-bond donors (Lipinski definition) is 2. The molecule has 1 aromatic carbocycles. The van der Waals surface area contributed by atoms with Crippen molar-refractivity contribution in [3.63, 3.8) is 0 Å². The van der Waals surface area contributed by atoms with Gasteiger partial charge in [0.25, 0.3) is 5.91 Å². The lowest BCUT2D eigenvalue weighted by Gasteiger charge is -2.15. The van der Waals surface area contributed by atoms with Crippen molar-refractivity contribution in [1.29, 1.82) is 0 Å². The topological polar surface area (TPSA) is 62.7 Å². The van der Waals surface area contributed by atoms with Gasteiger partial charge in [0, 0.05) is 45.7 Å². The van der Waals surface area contributed by atoms with E-state index in [1.165, 1.54) is 0 Å². The predicted molar refractivity (Wildman–Crippen MR) is 147 cm³/mol. The zero-order chi connectivity index (χ0) is 24.2. The largest absolute Gasteiger partial charge is 0.354 e. The van der Waals surface area contributed by atoms with E-state index >= 15 is 0 Å². The molecule has 2 unspecified atom stereocenters. The summed E-state index contributed by atoms with van der Waals surface area (Å²) in [5.41, 5.74) is 5.51. The van der Waals surface area contributed by atoms with Gasteiger partial charge in [-0.2, -0.15) is 5.10 Å². The van der Waals surface area contributed by atoms with Crippen LogP contribution in [-0.2, 0) is 6.54 Å². The maximum atomic E-state index is 12.9. The number of nitrogens with zero attached hydrogens (tertiary/aromatic N) is 2. The number of aryl methyl sites for hydroxylation is 1. The van der Waals surface area contributed by atoms with Gasteiger partial charge in [-0.25, -0.2) is 0 Å². The fraction of sp³-hybridized carbons (Fsp3) is 0.231. The molecular formula is C26H27Cl2N4OP. The summed E-state index contributed by atoms with van der Waals surface area (Å²) < 4.78 is 1.97. The number of rotatable bonds is 7. The number of benzene rings is 1. The summed E-state index contributed by atoms with van der Waals surface area (Å²) in [4.78, 5) is 16.2. The third-order valence-electron chi connectivity index (χ3n) is 5.80. The van der Waals surface area contributed by atoms with Crippen LogP contribution in [0.15, 0.2) is 65.9 Å². The minimum absolute atomic E-state index is 0.195. The SMILES string of the molecule is C/C=C(Cl)\C=C/CCn1ncc(C2=CCC(P)C=C2)c1-c1c(C(=O)NC)[nH]c2cc(Cl)ccc12. The highest BCUT2D eigenvalue weighted by Crippen LogP contribution is 2.39. The fourth-order valence-corrected chi connectivity index (χ4v) is 4.57. The lowest BCUT2D eigenvalue weighted by molar-refractivity contribution is 0.0959. The predicted octanol–water partition coefficient (Wildman–Crippen LogP) is 6.72. The van der Waals surface area contributed by atoms with Crippen molar-refractivity contribution >= 4 is 54.8 Å². The number of hydrogen-bond acceptors (Lipinski definition) is 2. The molecule has 5 nitrogen and oxygen atoms in total. The molecule has 34 heavy (non-hydrogen) atoms. The Kier molecular flexibility index (Phi) is 7.77. The highest BCUT2D eigenvalue weighted by Gasteiger charge is 2.25. The van der Waals surface area contributed by atoms with Crippen LogP contribution in [0.4, 0.5) is 0 Å². The second-order valence-electron chi connectivity index (χ2n) is 8.06. The van der Waals surface area contributed by atoms with Crippen LogP contribution >= 0.6 is 32.4 Å². The Morgan fingerprint density at radius 3 is 2.94 bits per heavy atom. The summed E-state index contributed by atoms with van der Waals surface area (Å²) in [5, 5.41) is 9.72. The van der Waals surface area contributed by atoms with Gasteiger partial charge in [-0.1, -0.05) is 59.6 Å². The van der Waals surface area contributed by atoms with Crippen molar-refractivity contribution in [1.82, 2.24) is 20.1 Å². The third-order valence-corrected chi connectivity index (χ3v) is 6.87. The molecule has 0 fully saturated rings. The molecule has 1 amide bonds. The number of amides is 1. The Labute approximate surface area is 211 Å². The monoisotopic (exact) mass is 512 g/mol. The molecule has 0 saturated carbocycles. The van der Waals surface area contributed by atoms with Crippen molar-refractivity contribution in [2.45, 2.75) is 32.0 Å². The van der Waals surface area contributed by atoms with Crippen LogP contribution in [-0.4, -0.2) is 33.4 Å². The minimum atomic E-state index is -0.195. The van der Waals surface area contributed by atoms with Gasteiger partial charge in [-0.05, 0) is 49.2 Å². The third kappa shape index (κ3) is 5.07. The van der Waals surface area contributed by atoms with Crippen LogP contribution in [0.3, 0.4) is 0 Å². The summed E-state index contributed by atoms with van der Waals surface area (Å²) in [7, 11) is 4.47. The van der Waals surface area contributed by atoms with E-state index in [9.17, 15) is 4.79 Å². The number of fused-ring (bicyclic) bond motifs is 1. The number of H-pyrrole nitrogens is 1. The molecule has 0 aliphatic heterocycles. The maximum absolute atomic E-state index is 12.9. The van der Waals surface area contributed by atoms with E-state index in [0.717, 1.165) is 46.1 Å². The second-order valence-corrected chi connectivity index (χ2v) is 9.79. The number of carbonyl (C=O) groups excluding carboxylic acids is 1. The van der Waals surface area contributed by atoms with E-state index in [0.29, 0.717) is 28.0 Å². The van der Waals surface area contributed by atoms with Crippen molar-refractivity contribution in [2.75, 3.05) is 7.05 Å². The van der Waals surface area contributed by atoms with E-state index < -0.39 is 0 Å². The summed E-state index contributed by atoms with van der Waals surface area (Å²) in [6.07, 6.45) is 15.9. The Bertz CT molecular complexity index is 1350. The molecular weight excluding hydrogens is 486 g/mol. The minimum Gasteiger partial charge on any atom is -0.354 e. The van der Waals surface area contributed by atoms with Crippen molar-refractivity contribution < 1.29 is 4.79 Å². The Morgan fingerprint density at radius 1 is 1.41 bits per heavy atom. The maximum Gasteiger partial charge on any atom is 0.268 e. The van der Waals surface area contributed by atoms with Crippen LogP contribution in [0.5, 0.6) is 0 Å². The Balaban J connectivity index is 1.89. The van der Waals surface area contributed by atoms with Crippen molar-refractivity contribution in [3.8, 4) is 11.3 Å². The number of carbonyl (C=O) groups is 1. The van der Waals surface area contributed by atoms with Crippen LogP contribution in [0.2, 0.25) is 5.02 Å². The van der Waals surface area contributed by atoms with E-state index in [-0.39, 0.29) is 5.91 Å². The van der Waals surface area contributed by atoms with Gasteiger partial charge < -0.3 is 10.3 Å². The molecule has 0 spiro atoms. The van der Waals surface area contributed by atoms with Gasteiger partial charge in [0.15, 0.2) is 0 Å². The van der Waals surface area contributed by atoms with Gasteiger partial charge >= 0.3 is 0 Å². The molecule has 2 heterocycles. The van der Waals surface area contributed by atoms with Gasteiger partial charge in [-0.15, -0.1) is 9.24 Å². The smallest absolute Gasteiger partial charge is 0.268 e. The zero-order valence-electron chi connectivity index (χ0n) is 19.1. The van der Waals surface area contributed by atoms with E-state index in [2.05, 4.69) is 37.8 Å². The van der Waals surface area contributed by atoms with Gasteiger partial charge in [-0.3, -0.25) is 9.48 Å². The summed E-state index contributed by atoms with van der Waals surface area (Å²) in [6.45, 7) is 2.54. The van der Waals surface area contributed by atoms with E-state index in [1.54, 1.807) is 7.05 Å². The first-order valence-corrected chi connectivity index (χ1v) is 12.6. The van der Waals surface area contributed by atoms with E-state index in [4.69, 9.17) is 28.3 Å². The zero-order valence-corrected chi connectivity index (χ0v) is 21.8. The lowest BCUT2D eigenvalue weighted by Crippen LogP contribution is -2.19. The number of allylic oxidation sites excluding steroid dienone is 8. The molecule has 2 N–H and O–H groups in total. The van der Waals surface area contributed by atoms with Crippen molar-refractivity contribution in [2.24, 2.45) is 0 Å². The highest BCUT2D eigenvalue weighted by atomic mass is 35.5. The molecule has 0 radical (unpaired) electrons. The molecule has 2 atom stereocenters. The van der Waals surface area contributed by atoms with Crippen LogP contribution < -0.4 is 5.32 Å². The second kappa shape index (κ2) is 10.8.